The Morgan fingerprint density at radius 3 is 2.26 bits per heavy atom. The molecule has 8 nitrogen and oxygen atoms in total. The molecule has 0 saturated carbocycles. The number of carbonyl (C=O) groups excluding carboxylic acids is 2. The summed E-state index contributed by atoms with van der Waals surface area (Å²) < 4.78 is 0. The lowest BCUT2D eigenvalue weighted by Gasteiger charge is -2.05. The predicted octanol–water partition coefficient (Wildman–Crippen LogP) is 2.99. The van der Waals surface area contributed by atoms with Crippen molar-refractivity contribution in [2.45, 2.75) is 0 Å². The van der Waals surface area contributed by atoms with Crippen molar-refractivity contribution < 1.29 is 14.7 Å². The van der Waals surface area contributed by atoms with Crippen molar-refractivity contribution in [3.05, 3.63) is 59.8 Å². The van der Waals surface area contributed by atoms with E-state index in [2.05, 4.69) is 20.9 Å². The molecular formula is C18H17N5O3S. The molecule has 3 rings (SSSR count). The number of primary amides is 1. The van der Waals surface area contributed by atoms with Crippen LogP contribution in [0.1, 0.15) is 20.8 Å². The summed E-state index contributed by atoms with van der Waals surface area (Å²) >= 11 is 1.09. The van der Waals surface area contributed by atoms with Crippen LogP contribution in [0.15, 0.2) is 48.5 Å². The number of aromatic hydroxyl groups is 1. The van der Waals surface area contributed by atoms with E-state index in [-0.39, 0.29) is 22.4 Å². The Morgan fingerprint density at radius 2 is 1.67 bits per heavy atom. The third-order valence-corrected chi connectivity index (χ3v) is 4.53. The van der Waals surface area contributed by atoms with Crippen molar-refractivity contribution in [3.8, 4) is 5.75 Å². The van der Waals surface area contributed by atoms with Gasteiger partial charge in [-0.05, 0) is 48.5 Å². The molecule has 9 heteroatoms. The van der Waals surface area contributed by atoms with Crippen LogP contribution in [0, 0.1) is 0 Å². The molecule has 0 unspecified atom stereocenters. The van der Waals surface area contributed by atoms with Crippen molar-refractivity contribution in [3.63, 3.8) is 0 Å². The number of phenolic OH excluding ortho intramolecular Hbond substituents is 1. The number of aromatic nitrogens is 1. The van der Waals surface area contributed by atoms with Crippen molar-refractivity contribution in [2.75, 3.05) is 23.0 Å². The average Bonchev–Trinajstić information content (AvgIpc) is 3.06. The zero-order valence-corrected chi connectivity index (χ0v) is 15.1. The molecule has 0 radical (unpaired) electrons. The van der Waals surface area contributed by atoms with Crippen LogP contribution in [0.25, 0.3) is 0 Å². The second-order valence-corrected chi connectivity index (χ2v) is 6.51. The van der Waals surface area contributed by atoms with Crippen LogP contribution in [0.2, 0.25) is 0 Å². The van der Waals surface area contributed by atoms with Crippen LogP contribution in [0.5, 0.6) is 5.75 Å². The first-order valence-corrected chi connectivity index (χ1v) is 8.74. The molecule has 138 valence electrons. The van der Waals surface area contributed by atoms with Gasteiger partial charge in [0, 0.05) is 24.0 Å². The lowest BCUT2D eigenvalue weighted by molar-refractivity contribution is 0.0997. The average molecular weight is 383 g/mol. The molecule has 1 heterocycles. The van der Waals surface area contributed by atoms with E-state index in [9.17, 15) is 14.7 Å². The van der Waals surface area contributed by atoms with Gasteiger partial charge in [0.1, 0.15) is 10.8 Å². The second kappa shape index (κ2) is 7.75. The minimum absolute atomic E-state index is 0.0264. The van der Waals surface area contributed by atoms with E-state index in [1.807, 2.05) is 0 Å². The van der Waals surface area contributed by atoms with E-state index in [0.717, 1.165) is 17.0 Å². The van der Waals surface area contributed by atoms with E-state index < -0.39 is 5.91 Å². The minimum atomic E-state index is -0.745. The summed E-state index contributed by atoms with van der Waals surface area (Å²) in [6.45, 7) is 0. The summed E-state index contributed by atoms with van der Waals surface area (Å²) in [4.78, 5) is 28.3. The molecule has 0 aliphatic heterocycles. The smallest absolute Gasteiger partial charge is 0.270 e. The molecule has 6 N–H and O–H groups in total. The van der Waals surface area contributed by atoms with E-state index in [4.69, 9.17) is 5.73 Å². The molecule has 0 aliphatic rings. The van der Waals surface area contributed by atoms with Gasteiger partial charge in [0.2, 0.25) is 0 Å². The summed E-state index contributed by atoms with van der Waals surface area (Å²) in [6.07, 6.45) is 0. The molecular weight excluding hydrogens is 366 g/mol. The van der Waals surface area contributed by atoms with Crippen LogP contribution in [0.4, 0.5) is 21.5 Å². The number of amides is 2. The predicted molar refractivity (Wildman–Crippen MR) is 106 cm³/mol. The van der Waals surface area contributed by atoms with Gasteiger partial charge in [0.05, 0.1) is 0 Å². The lowest BCUT2D eigenvalue weighted by atomic mass is 10.2. The molecule has 0 fully saturated rings. The first-order chi connectivity index (χ1) is 13.0. The highest BCUT2D eigenvalue weighted by molar-refractivity contribution is 7.20. The lowest BCUT2D eigenvalue weighted by Crippen LogP contribution is -2.17. The number of hydrogen-bond acceptors (Lipinski definition) is 7. The number of anilines is 4. The highest BCUT2D eigenvalue weighted by Crippen LogP contribution is 2.31. The number of rotatable bonds is 6. The van der Waals surface area contributed by atoms with Crippen molar-refractivity contribution in [1.82, 2.24) is 4.98 Å². The van der Waals surface area contributed by atoms with E-state index in [1.165, 1.54) is 12.1 Å². The number of thiazole rings is 1. The van der Waals surface area contributed by atoms with Crippen LogP contribution >= 0.6 is 11.3 Å². The van der Waals surface area contributed by atoms with E-state index in [1.54, 1.807) is 43.4 Å². The number of hydrogen-bond donors (Lipinski definition) is 5. The summed E-state index contributed by atoms with van der Waals surface area (Å²) in [5.74, 6) is -0.986. The Bertz CT molecular complexity index is 968. The van der Waals surface area contributed by atoms with Gasteiger partial charge in [-0.1, -0.05) is 11.3 Å². The van der Waals surface area contributed by atoms with Gasteiger partial charge in [-0.2, -0.15) is 0 Å². The fourth-order valence-electron chi connectivity index (χ4n) is 2.26. The molecule has 0 spiro atoms. The molecule has 2 aromatic carbocycles. The maximum atomic E-state index is 12.4. The van der Waals surface area contributed by atoms with Crippen LogP contribution in [-0.2, 0) is 0 Å². The first kappa shape index (κ1) is 18.2. The normalized spacial score (nSPS) is 10.3. The Morgan fingerprint density at radius 1 is 1.04 bits per heavy atom. The number of phenols is 1. The highest BCUT2D eigenvalue weighted by Gasteiger charge is 2.19. The van der Waals surface area contributed by atoms with Crippen molar-refractivity contribution in [2.24, 2.45) is 5.73 Å². The molecule has 2 amide bonds. The summed E-state index contributed by atoms with van der Waals surface area (Å²) in [7, 11) is 1.79. The second-order valence-electron chi connectivity index (χ2n) is 5.51. The zero-order chi connectivity index (χ0) is 19.4. The molecule has 0 aliphatic carbocycles. The largest absolute Gasteiger partial charge is 0.508 e. The molecule has 0 bridgehead atoms. The molecule has 3 aromatic rings. The number of nitrogens with zero attached hydrogens (tertiary/aromatic N) is 1. The maximum absolute atomic E-state index is 12.4. The van der Waals surface area contributed by atoms with Gasteiger partial charge in [-0.15, -0.1) is 0 Å². The van der Waals surface area contributed by atoms with Gasteiger partial charge in [0.25, 0.3) is 11.8 Å². The van der Waals surface area contributed by atoms with E-state index >= 15 is 0 Å². The standard InChI is InChI=1S/C18H17N5O3S/c1-20-11-4-2-10(3-5-11)16(26)23-17-14(15(19)25)22-18(27-17)21-12-6-8-13(24)9-7-12/h2-9,20,24H,1H3,(H2,19,25)(H,21,22)(H,23,26). The number of benzene rings is 2. The number of nitrogens with one attached hydrogen (secondary N) is 3. The fourth-order valence-corrected chi connectivity index (χ4v) is 3.14. The van der Waals surface area contributed by atoms with Gasteiger partial charge >= 0.3 is 0 Å². The van der Waals surface area contributed by atoms with Crippen LogP contribution in [0.3, 0.4) is 0 Å². The number of nitrogens with two attached hydrogens (primary N) is 1. The Kier molecular flexibility index (Phi) is 5.23. The fraction of sp³-hybridized carbons (Fsp3) is 0.0556. The zero-order valence-electron chi connectivity index (χ0n) is 14.3. The summed E-state index contributed by atoms with van der Waals surface area (Å²) in [5.41, 5.74) is 7.33. The molecule has 0 saturated heterocycles. The quantitative estimate of drug-likeness (QED) is 0.416. The van der Waals surface area contributed by atoms with E-state index in [0.29, 0.717) is 16.4 Å². The van der Waals surface area contributed by atoms with Crippen molar-refractivity contribution in [1.29, 1.82) is 0 Å². The minimum Gasteiger partial charge on any atom is -0.508 e. The van der Waals surface area contributed by atoms with Crippen LogP contribution in [-0.4, -0.2) is 29.0 Å². The Labute approximate surface area is 159 Å². The SMILES string of the molecule is CNc1ccc(C(=O)Nc2sc(Nc3ccc(O)cc3)nc2C(N)=O)cc1. The molecule has 27 heavy (non-hydrogen) atoms. The topological polar surface area (TPSA) is 129 Å². The Balaban J connectivity index is 1.81. The van der Waals surface area contributed by atoms with Gasteiger partial charge in [-0.25, -0.2) is 4.98 Å². The first-order valence-electron chi connectivity index (χ1n) is 7.92. The van der Waals surface area contributed by atoms with Crippen molar-refractivity contribution >= 4 is 44.7 Å². The number of carbonyl (C=O) groups is 2. The molecule has 0 atom stereocenters. The third-order valence-electron chi connectivity index (χ3n) is 3.64. The van der Waals surface area contributed by atoms with Gasteiger partial charge in [0.15, 0.2) is 10.8 Å². The summed E-state index contributed by atoms with van der Waals surface area (Å²) in [6, 6.07) is 13.2. The Hall–Kier alpha value is -3.59. The third kappa shape index (κ3) is 4.33. The highest BCUT2D eigenvalue weighted by atomic mass is 32.1. The van der Waals surface area contributed by atoms with Gasteiger partial charge < -0.3 is 26.8 Å². The van der Waals surface area contributed by atoms with Gasteiger partial charge in [-0.3, -0.25) is 9.59 Å². The summed E-state index contributed by atoms with van der Waals surface area (Å²) in [5, 5.41) is 18.6. The maximum Gasteiger partial charge on any atom is 0.270 e. The monoisotopic (exact) mass is 383 g/mol. The van der Waals surface area contributed by atoms with Crippen LogP contribution < -0.4 is 21.7 Å². The molecule has 1 aromatic heterocycles.